The fraction of sp³-hybridized carbons (Fsp3) is 0. The Morgan fingerprint density at radius 2 is 1.55 bits per heavy atom. The van der Waals surface area contributed by atoms with E-state index in [1.54, 1.807) is 18.5 Å². The van der Waals surface area contributed by atoms with Crippen LogP contribution in [0.5, 0.6) is 0 Å². The van der Waals surface area contributed by atoms with Gasteiger partial charge in [-0.15, -0.1) is 0 Å². The minimum Gasteiger partial charge on any atom is -0.251 e. The van der Waals surface area contributed by atoms with Crippen LogP contribution < -0.4 is 0 Å². The van der Waals surface area contributed by atoms with Gasteiger partial charge in [-0.1, -0.05) is 12.1 Å². The number of aromatic nitrogens is 4. The molecule has 0 saturated carbocycles. The molecule has 4 rings (SSSR count). The molecule has 100 valence electrons. The topological polar surface area (TPSA) is 99.1 Å². The maximum absolute atomic E-state index is 9.15. The molecule has 0 bridgehead atoms. The highest BCUT2D eigenvalue weighted by molar-refractivity contribution is 6.05. The zero-order valence-corrected chi connectivity index (χ0v) is 11.1. The van der Waals surface area contributed by atoms with Crippen molar-refractivity contribution >= 4 is 33.0 Å². The van der Waals surface area contributed by atoms with Gasteiger partial charge in [0.15, 0.2) is 11.3 Å². The average molecular weight is 282 g/mol. The van der Waals surface area contributed by atoms with Gasteiger partial charge >= 0.3 is 0 Å². The zero-order valence-electron chi connectivity index (χ0n) is 11.1. The Morgan fingerprint density at radius 1 is 0.818 bits per heavy atom. The Morgan fingerprint density at radius 3 is 2.32 bits per heavy atom. The van der Waals surface area contributed by atoms with Gasteiger partial charge in [-0.05, 0) is 12.1 Å². The summed E-state index contributed by atoms with van der Waals surface area (Å²) in [5, 5.41) is 19.9. The van der Waals surface area contributed by atoms with Crippen LogP contribution in [0.4, 0.5) is 0 Å². The summed E-state index contributed by atoms with van der Waals surface area (Å²) in [6, 6.07) is 11.2. The number of benzene rings is 1. The summed E-state index contributed by atoms with van der Waals surface area (Å²) < 4.78 is 0. The Hall–Kier alpha value is -3.64. The van der Waals surface area contributed by atoms with Gasteiger partial charge in [0.1, 0.15) is 17.7 Å². The van der Waals surface area contributed by atoms with Crippen LogP contribution in [0.2, 0.25) is 0 Å². The molecule has 4 aromatic rings. The third kappa shape index (κ3) is 1.65. The second-order valence-corrected chi connectivity index (χ2v) is 4.70. The molecule has 3 heterocycles. The lowest BCUT2D eigenvalue weighted by molar-refractivity contribution is 1.24. The van der Waals surface area contributed by atoms with Crippen molar-refractivity contribution in [3.63, 3.8) is 0 Å². The van der Waals surface area contributed by atoms with Crippen molar-refractivity contribution in [2.24, 2.45) is 0 Å². The molecule has 0 fully saturated rings. The molecule has 1 aromatic carbocycles. The second kappa shape index (κ2) is 4.44. The van der Waals surface area contributed by atoms with Gasteiger partial charge in [-0.3, -0.25) is 4.98 Å². The van der Waals surface area contributed by atoms with E-state index in [9.17, 15) is 0 Å². The fourth-order valence-electron chi connectivity index (χ4n) is 2.43. The summed E-state index contributed by atoms with van der Waals surface area (Å²) in [4.78, 5) is 17.2. The fourth-order valence-corrected chi connectivity index (χ4v) is 2.43. The van der Waals surface area contributed by atoms with E-state index >= 15 is 0 Å². The number of hydrogen-bond donors (Lipinski definition) is 0. The minimum absolute atomic E-state index is 0.101. The van der Waals surface area contributed by atoms with E-state index < -0.39 is 0 Å². The molecule has 0 amide bonds. The van der Waals surface area contributed by atoms with E-state index in [-0.39, 0.29) is 11.3 Å². The molecular formula is C16H6N6. The molecule has 6 heteroatoms. The van der Waals surface area contributed by atoms with Crippen LogP contribution in [0.15, 0.2) is 36.7 Å². The van der Waals surface area contributed by atoms with Crippen molar-refractivity contribution in [2.75, 3.05) is 0 Å². The molecule has 0 aliphatic rings. The third-order valence-corrected chi connectivity index (χ3v) is 3.43. The monoisotopic (exact) mass is 282 g/mol. The molecule has 0 radical (unpaired) electrons. The molecule has 0 unspecified atom stereocenters. The Kier molecular flexibility index (Phi) is 2.45. The molecule has 22 heavy (non-hydrogen) atoms. The molecule has 0 saturated heterocycles. The first-order chi connectivity index (χ1) is 10.8. The quantitative estimate of drug-likeness (QED) is 0.363. The number of rotatable bonds is 0. The number of nitrogens with zero attached hydrogens (tertiary/aromatic N) is 6. The number of pyridine rings is 2. The van der Waals surface area contributed by atoms with E-state index in [4.69, 9.17) is 10.5 Å². The molecule has 6 nitrogen and oxygen atoms in total. The first kappa shape index (κ1) is 12.1. The third-order valence-electron chi connectivity index (χ3n) is 3.43. The molecule has 3 aromatic heterocycles. The van der Waals surface area contributed by atoms with E-state index in [1.807, 2.05) is 30.3 Å². The number of hydrogen-bond acceptors (Lipinski definition) is 6. The molecule has 0 spiro atoms. The summed E-state index contributed by atoms with van der Waals surface area (Å²) in [7, 11) is 0. The highest BCUT2D eigenvalue weighted by Gasteiger charge is 2.11. The van der Waals surface area contributed by atoms with Crippen LogP contribution in [0.3, 0.4) is 0 Å². The van der Waals surface area contributed by atoms with E-state index in [0.29, 0.717) is 22.2 Å². The van der Waals surface area contributed by atoms with E-state index in [2.05, 4.69) is 19.9 Å². The van der Waals surface area contributed by atoms with E-state index in [1.165, 1.54) is 0 Å². The van der Waals surface area contributed by atoms with Gasteiger partial charge < -0.3 is 0 Å². The lowest BCUT2D eigenvalue weighted by atomic mass is 10.1. The van der Waals surface area contributed by atoms with Crippen molar-refractivity contribution < 1.29 is 0 Å². The highest BCUT2D eigenvalue weighted by Crippen LogP contribution is 2.25. The maximum atomic E-state index is 9.15. The van der Waals surface area contributed by atoms with Crippen molar-refractivity contribution in [2.45, 2.75) is 0 Å². The van der Waals surface area contributed by atoms with Crippen LogP contribution in [-0.4, -0.2) is 19.9 Å². The lowest BCUT2D eigenvalue weighted by Gasteiger charge is -2.05. The minimum atomic E-state index is 0.101. The summed E-state index contributed by atoms with van der Waals surface area (Å²) >= 11 is 0. The second-order valence-electron chi connectivity index (χ2n) is 4.70. The van der Waals surface area contributed by atoms with Gasteiger partial charge in [0.05, 0.1) is 16.6 Å². The van der Waals surface area contributed by atoms with Crippen LogP contribution in [0, 0.1) is 22.7 Å². The largest absolute Gasteiger partial charge is 0.251 e. The van der Waals surface area contributed by atoms with Gasteiger partial charge in [-0.2, -0.15) is 10.5 Å². The summed E-state index contributed by atoms with van der Waals surface area (Å²) in [6.07, 6.45) is 3.19. The van der Waals surface area contributed by atoms with Crippen molar-refractivity contribution in [3.05, 3.63) is 47.9 Å². The smallest absolute Gasteiger partial charge is 0.178 e. The number of nitriles is 2. The first-order valence-electron chi connectivity index (χ1n) is 6.45. The van der Waals surface area contributed by atoms with E-state index in [0.717, 1.165) is 10.8 Å². The van der Waals surface area contributed by atoms with Crippen LogP contribution in [0.1, 0.15) is 11.3 Å². The van der Waals surface area contributed by atoms with Crippen molar-refractivity contribution in [1.29, 1.82) is 10.5 Å². The first-order valence-corrected chi connectivity index (χ1v) is 6.45. The van der Waals surface area contributed by atoms with Crippen LogP contribution >= 0.6 is 0 Å². The predicted octanol–water partition coefficient (Wildman–Crippen LogP) is 2.47. The van der Waals surface area contributed by atoms with Gasteiger partial charge in [0.25, 0.3) is 0 Å². The SMILES string of the molecule is N#Cc1cc2ccc3cc4nccnc4nc3c2nc1C#N. The Labute approximate surface area is 124 Å². The van der Waals surface area contributed by atoms with Crippen molar-refractivity contribution in [3.8, 4) is 12.1 Å². The number of fused-ring (bicyclic) bond motifs is 4. The standard InChI is InChI=1S/C16H6N6/c17-7-11-5-9-1-2-10-6-12-16(20-4-3-19-12)22-15(10)14(9)21-13(11)8-18/h1-6H. The van der Waals surface area contributed by atoms with Gasteiger partial charge in [-0.25, -0.2) is 15.0 Å². The molecule has 0 aliphatic heterocycles. The molecule has 0 N–H and O–H groups in total. The van der Waals surface area contributed by atoms with Gasteiger partial charge in [0.2, 0.25) is 0 Å². The Balaban J connectivity index is 2.20. The highest BCUT2D eigenvalue weighted by atomic mass is 14.9. The normalized spacial score (nSPS) is 10.6. The summed E-state index contributed by atoms with van der Waals surface area (Å²) in [5.74, 6) is 0. The molecular weight excluding hydrogens is 276 g/mol. The maximum Gasteiger partial charge on any atom is 0.178 e. The Bertz CT molecular complexity index is 1150. The van der Waals surface area contributed by atoms with Gasteiger partial charge in [0, 0.05) is 23.2 Å². The molecule has 0 atom stereocenters. The van der Waals surface area contributed by atoms with Crippen molar-refractivity contribution in [1.82, 2.24) is 19.9 Å². The summed E-state index contributed by atoms with van der Waals surface area (Å²) in [5.41, 5.74) is 2.81. The molecule has 0 aliphatic carbocycles. The average Bonchev–Trinajstić information content (AvgIpc) is 2.58. The summed E-state index contributed by atoms with van der Waals surface area (Å²) in [6.45, 7) is 0. The zero-order chi connectivity index (χ0) is 15.1. The van der Waals surface area contributed by atoms with Crippen LogP contribution in [0.25, 0.3) is 33.0 Å². The predicted molar refractivity (Wildman–Crippen MR) is 79.6 cm³/mol. The lowest BCUT2D eigenvalue weighted by Crippen LogP contribution is -1.94. The van der Waals surface area contributed by atoms with Crippen LogP contribution in [-0.2, 0) is 0 Å².